The van der Waals surface area contributed by atoms with Crippen LogP contribution in [-0.4, -0.2) is 67.3 Å². The van der Waals surface area contributed by atoms with Gasteiger partial charge in [-0.1, -0.05) is 24.3 Å². The molecule has 31 heavy (non-hydrogen) atoms. The molecule has 4 heterocycles. The molecule has 0 aliphatic carbocycles. The van der Waals surface area contributed by atoms with Crippen LogP contribution >= 0.6 is 0 Å². The van der Waals surface area contributed by atoms with Crippen LogP contribution in [0.2, 0.25) is 0 Å². The van der Waals surface area contributed by atoms with Gasteiger partial charge in [-0.05, 0) is 24.1 Å². The normalized spacial score (nSPS) is 28.7. The lowest BCUT2D eigenvalue weighted by atomic mass is 10.1. The van der Waals surface area contributed by atoms with Gasteiger partial charge in [0.2, 0.25) is 0 Å². The van der Waals surface area contributed by atoms with Crippen molar-refractivity contribution in [3.8, 4) is 0 Å². The van der Waals surface area contributed by atoms with Crippen molar-refractivity contribution in [2.45, 2.75) is 37.0 Å². The minimum absolute atomic E-state index is 0.152. The van der Waals surface area contributed by atoms with Gasteiger partial charge in [-0.3, -0.25) is 4.57 Å². The standard InChI is InChI=1S/C21H22FN5O4/c22-13-4-1-12(2-5-13)3-6-15-17(28)18(29)21(31-15)27-11-25-16-19(23-10-24-20(16)27)26-14-7-8-30-9-14/h1-6,10-11,14-15,17-18,21,28-29H,7-9H2,(H,23,24,26)/b6-3+/t14?,15-,17-,18-,21-/m1/s1. The van der Waals surface area contributed by atoms with Gasteiger partial charge in [0.25, 0.3) is 0 Å². The van der Waals surface area contributed by atoms with E-state index in [1.165, 1.54) is 24.8 Å². The Balaban J connectivity index is 1.37. The number of imidazole rings is 1. The second-order valence-corrected chi connectivity index (χ2v) is 7.63. The molecule has 10 heteroatoms. The fraction of sp³-hybridized carbons (Fsp3) is 0.381. The number of hydrogen-bond donors (Lipinski definition) is 3. The number of fused-ring (bicyclic) bond motifs is 1. The maximum absolute atomic E-state index is 13.1. The van der Waals surface area contributed by atoms with E-state index in [0.29, 0.717) is 30.2 Å². The SMILES string of the molecule is O[C@@H]1[C@H](O)[C@@H](/C=C/c2ccc(F)cc2)O[C@H]1n1cnc2c(NC3CCOC3)ncnc21. The lowest BCUT2D eigenvalue weighted by Gasteiger charge is -2.16. The average molecular weight is 427 g/mol. The number of aliphatic hydroxyl groups is 2. The first kappa shape index (κ1) is 20.0. The molecule has 2 aromatic heterocycles. The maximum atomic E-state index is 13.1. The van der Waals surface area contributed by atoms with Crippen molar-refractivity contribution in [2.24, 2.45) is 0 Å². The first-order valence-corrected chi connectivity index (χ1v) is 10.1. The van der Waals surface area contributed by atoms with E-state index in [4.69, 9.17) is 9.47 Å². The Labute approximate surface area is 177 Å². The first-order valence-electron chi connectivity index (χ1n) is 10.1. The monoisotopic (exact) mass is 427 g/mol. The predicted molar refractivity (Wildman–Crippen MR) is 110 cm³/mol. The van der Waals surface area contributed by atoms with Crippen LogP contribution in [0, 0.1) is 5.82 Å². The largest absolute Gasteiger partial charge is 0.387 e. The van der Waals surface area contributed by atoms with Gasteiger partial charge in [-0.15, -0.1) is 0 Å². The van der Waals surface area contributed by atoms with E-state index in [-0.39, 0.29) is 11.9 Å². The van der Waals surface area contributed by atoms with Gasteiger partial charge < -0.3 is 25.0 Å². The van der Waals surface area contributed by atoms with Gasteiger partial charge >= 0.3 is 0 Å². The highest BCUT2D eigenvalue weighted by atomic mass is 19.1. The Hall–Kier alpha value is -2.92. The second kappa shape index (κ2) is 8.31. The van der Waals surface area contributed by atoms with E-state index in [9.17, 15) is 14.6 Å². The van der Waals surface area contributed by atoms with E-state index in [0.717, 1.165) is 12.0 Å². The summed E-state index contributed by atoms with van der Waals surface area (Å²) < 4.78 is 26.0. The summed E-state index contributed by atoms with van der Waals surface area (Å²) in [6.07, 6.45) is 3.21. The number of halogens is 1. The number of nitrogens with zero attached hydrogens (tertiary/aromatic N) is 4. The summed E-state index contributed by atoms with van der Waals surface area (Å²) in [5.74, 6) is 0.258. The topological polar surface area (TPSA) is 115 Å². The molecule has 3 N–H and O–H groups in total. The van der Waals surface area contributed by atoms with E-state index in [2.05, 4.69) is 20.3 Å². The molecular weight excluding hydrogens is 405 g/mol. The Bertz CT molecular complexity index is 1080. The van der Waals surface area contributed by atoms with Crippen molar-refractivity contribution in [1.29, 1.82) is 0 Å². The van der Waals surface area contributed by atoms with Gasteiger partial charge in [-0.25, -0.2) is 19.3 Å². The third kappa shape index (κ3) is 3.90. The quantitative estimate of drug-likeness (QED) is 0.561. The zero-order valence-corrected chi connectivity index (χ0v) is 16.5. The number of benzene rings is 1. The molecule has 0 radical (unpaired) electrons. The smallest absolute Gasteiger partial charge is 0.167 e. The second-order valence-electron chi connectivity index (χ2n) is 7.63. The first-order chi connectivity index (χ1) is 15.1. The minimum Gasteiger partial charge on any atom is -0.387 e. The van der Waals surface area contributed by atoms with Gasteiger partial charge in [0.1, 0.15) is 30.5 Å². The molecule has 9 nitrogen and oxygen atoms in total. The molecule has 2 fully saturated rings. The van der Waals surface area contributed by atoms with Crippen LogP contribution in [0.3, 0.4) is 0 Å². The third-order valence-electron chi connectivity index (χ3n) is 5.53. The van der Waals surface area contributed by atoms with Gasteiger partial charge in [-0.2, -0.15) is 0 Å². The molecule has 5 atom stereocenters. The highest BCUT2D eigenvalue weighted by Gasteiger charge is 2.43. The van der Waals surface area contributed by atoms with Crippen molar-refractivity contribution >= 4 is 23.1 Å². The molecule has 2 saturated heterocycles. The van der Waals surface area contributed by atoms with E-state index < -0.39 is 24.5 Å². The zero-order valence-electron chi connectivity index (χ0n) is 16.5. The lowest BCUT2D eigenvalue weighted by molar-refractivity contribution is -0.0243. The van der Waals surface area contributed by atoms with E-state index >= 15 is 0 Å². The highest BCUT2D eigenvalue weighted by Crippen LogP contribution is 2.33. The number of hydrogen-bond acceptors (Lipinski definition) is 8. The molecule has 0 bridgehead atoms. The molecule has 0 amide bonds. The summed E-state index contributed by atoms with van der Waals surface area (Å²) in [7, 11) is 0. The molecule has 1 aromatic carbocycles. The molecular formula is C21H22FN5O4. The molecule has 2 aliphatic heterocycles. The number of nitrogens with one attached hydrogen (secondary N) is 1. The predicted octanol–water partition coefficient (Wildman–Crippen LogP) is 1.50. The van der Waals surface area contributed by atoms with E-state index in [1.54, 1.807) is 28.9 Å². The summed E-state index contributed by atoms with van der Waals surface area (Å²) in [4.78, 5) is 13.0. The van der Waals surface area contributed by atoms with Crippen molar-refractivity contribution < 1.29 is 24.1 Å². The Morgan fingerprint density at radius 2 is 1.97 bits per heavy atom. The lowest BCUT2D eigenvalue weighted by Crippen LogP contribution is -2.30. The number of aliphatic hydroxyl groups excluding tert-OH is 2. The summed E-state index contributed by atoms with van der Waals surface area (Å²) in [6, 6.07) is 6.09. The number of anilines is 1. The summed E-state index contributed by atoms with van der Waals surface area (Å²) in [5.41, 5.74) is 1.78. The molecule has 1 unspecified atom stereocenters. The molecule has 0 saturated carbocycles. The minimum atomic E-state index is -1.19. The molecule has 162 valence electrons. The van der Waals surface area contributed by atoms with Crippen LogP contribution in [0.5, 0.6) is 0 Å². The average Bonchev–Trinajstić information content (AvgIpc) is 3.50. The zero-order chi connectivity index (χ0) is 21.4. The van der Waals surface area contributed by atoms with Gasteiger partial charge in [0.05, 0.1) is 19.0 Å². The Morgan fingerprint density at radius 1 is 1.13 bits per heavy atom. The maximum Gasteiger partial charge on any atom is 0.167 e. The Kier molecular flexibility index (Phi) is 5.36. The fourth-order valence-electron chi connectivity index (χ4n) is 3.84. The molecule has 5 rings (SSSR count). The number of rotatable bonds is 5. The molecule has 3 aromatic rings. The summed E-state index contributed by atoms with van der Waals surface area (Å²) in [6.45, 7) is 1.30. The fourth-order valence-corrected chi connectivity index (χ4v) is 3.84. The molecule has 2 aliphatic rings. The van der Waals surface area contributed by atoms with Crippen LogP contribution in [0.25, 0.3) is 17.2 Å². The molecule has 0 spiro atoms. The van der Waals surface area contributed by atoms with Crippen molar-refractivity contribution in [2.75, 3.05) is 18.5 Å². The number of aromatic nitrogens is 4. The Morgan fingerprint density at radius 3 is 2.74 bits per heavy atom. The van der Waals surface area contributed by atoms with Crippen LogP contribution in [0.15, 0.2) is 43.0 Å². The van der Waals surface area contributed by atoms with Crippen LogP contribution < -0.4 is 5.32 Å². The summed E-state index contributed by atoms with van der Waals surface area (Å²) in [5, 5.41) is 24.4. The van der Waals surface area contributed by atoms with E-state index in [1.807, 2.05) is 0 Å². The van der Waals surface area contributed by atoms with Gasteiger partial charge in [0.15, 0.2) is 23.2 Å². The third-order valence-corrected chi connectivity index (χ3v) is 5.53. The highest BCUT2D eigenvalue weighted by molar-refractivity contribution is 5.82. The number of ether oxygens (including phenoxy) is 2. The summed E-state index contributed by atoms with van der Waals surface area (Å²) >= 11 is 0. The van der Waals surface area contributed by atoms with Crippen LogP contribution in [-0.2, 0) is 9.47 Å². The van der Waals surface area contributed by atoms with Crippen LogP contribution in [0.1, 0.15) is 18.2 Å². The van der Waals surface area contributed by atoms with Gasteiger partial charge in [0, 0.05) is 6.61 Å². The van der Waals surface area contributed by atoms with Crippen molar-refractivity contribution in [3.63, 3.8) is 0 Å². The van der Waals surface area contributed by atoms with Crippen LogP contribution in [0.4, 0.5) is 10.2 Å². The van der Waals surface area contributed by atoms with Crippen molar-refractivity contribution in [1.82, 2.24) is 19.5 Å². The van der Waals surface area contributed by atoms with Crippen molar-refractivity contribution in [3.05, 3.63) is 54.4 Å².